The van der Waals surface area contributed by atoms with E-state index in [9.17, 15) is 31.8 Å². The molecule has 0 aliphatic carbocycles. The van der Waals surface area contributed by atoms with Gasteiger partial charge in [-0.1, -0.05) is 17.7 Å². The molecule has 0 spiro atoms. The molecule has 3 N–H and O–H groups in total. The molecule has 1 saturated heterocycles. The molecule has 0 aromatic heterocycles. The molecule has 0 saturated carbocycles. The summed E-state index contributed by atoms with van der Waals surface area (Å²) >= 11 is 0. The number of rotatable bonds is 8. The lowest BCUT2D eigenvalue weighted by molar-refractivity contribution is -0.00965. The van der Waals surface area contributed by atoms with Crippen molar-refractivity contribution >= 4 is 10.1 Å². The number of hydrogen-bond donors (Lipinski definition) is 3. The molecule has 4 heterocycles. The highest BCUT2D eigenvalue weighted by atomic mass is 32.2. The zero-order valence-corrected chi connectivity index (χ0v) is 30.4. The topological polar surface area (TPSA) is 144 Å². The Labute approximate surface area is 312 Å². The Balaban J connectivity index is 0.000000147. The van der Waals surface area contributed by atoms with Crippen LogP contribution in [0.4, 0.5) is 13.2 Å². The second-order valence-corrected chi connectivity index (χ2v) is 15.2. The van der Waals surface area contributed by atoms with Crippen LogP contribution in [0.15, 0.2) is 83.8 Å². The van der Waals surface area contributed by atoms with Crippen LogP contribution in [0.1, 0.15) is 41.5 Å². The van der Waals surface area contributed by atoms with Crippen molar-refractivity contribution in [2.45, 2.75) is 87.0 Å². The largest absolute Gasteiger partial charge is 0.487 e. The Hall–Kier alpha value is -4.18. The Kier molecular flexibility index (Phi) is 12.8. The maximum absolute atomic E-state index is 13.2. The fourth-order valence-electron chi connectivity index (χ4n) is 6.37. The third kappa shape index (κ3) is 10.3. The van der Waals surface area contributed by atoms with E-state index in [4.69, 9.17) is 28.2 Å². The molecule has 4 aromatic rings. The smallest absolute Gasteiger partial charge is 0.297 e. The van der Waals surface area contributed by atoms with Gasteiger partial charge in [0.2, 0.25) is 0 Å². The zero-order valence-electron chi connectivity index (χ0n) is 29.6. The Morgan fingerprint density at radius 2 is 1.15 bits per heavy atom. The summed E-state index contributed by atoms with van der Waals surface area (Å²) in [6.07, 6.45) is 1.53. The Morgan fingerprint density at radius 1 is 0.685 bits per heavy atom. The first-order chi connectivity index (χ1) is 25.9. The summed E-state index contributed by atoms with van der Waals surface area (Å²) in [5.41, 5.74) is 3.46. The van der Waals surface area contributed by atoms with Gasteiger partial charge in [0.05, 0.1) is 24.7 Å². The van der Waals surface area contributed by atoms with E-state index in [0.717, 1.165) is 47.5 Å². The Bertz CT molecular complexity index is 1990. The van der Waals surface area contributed by atoms with E-state index in [1.54, 1.807) is 30.3 Å². The molecular formula is C40H43F3O10S. The number of fused-ring (bicyclic) bond motifs is 3. The predicted octanol–water partition coefficient (Wildman–Crippen LogP) is 5.38. The van der Waals surface area contributed by atoms with Crippen LogP contribution >= 0.6 is 0 Å². The van der Waals surface area contributed by atoms with Crippen LogP contribution in [0.3, 0.4) is 0 Å². The number of benzene rings is 4. The van der Waals surface area contributed by atoms with Crippen LogP contribution in [0, 0.1) is 24.4 Å². The van der Waals surface area contributed by atoms with Gasteiger partial charge in [-0.05, 0) is 129 Å². The fraction of sp³-hybridized carbons (Fsp3) is 0.400. The number of epoxide rings is 1. The lowest BCUT2D eigenvalue weighted by Crippen LogP contribution is -2.38. The molecule has 1 fully saturated rings. The molecule has 10 nitrogen and oxygen atoms in total. The number of aryl methyl sites for hydroxylation is 4. The van der Waals surface area contributed by atoms with E-state index in [-0.39, 0.29) is 41.2 Å². The van der Waals surface area contributed by atoms with Crippen molar-refractivity contribution in [2.75, 3.05) is 19.8 Å². The van der Waals surface area contributed by atoms with Gasteiger partial charge in [0.1, 0.15) is 71.3 Å². The number of aliphatic hydroxyl groups excluding tert-OH is 3. The quantitative estimate of drug-likeness (QED) is 0.158. The van der Waals surface area contributed by atoms with Crippen molar-refractivity contribution in [3.63, 3.8) is 0 Å². The van der Waals surface area contributed by atoms with Gasteiger partial charge < -0.3 is 34.3 Å². The number of hydrogen-bond acceptors (Lipinski definition) is 10. The van der Waals surface area contributed by atoms with E-state index in [0.29, 0.717) is 37.2 Å². The number of aliphatic hydroxyl groups is 3. The van der Waals surface area contributed by atoms with E-state index in [1.165, 1.54) is 48.5 Å². The van der Waals surface area contributed by atoms with Crippen molar-refractivity contribution in [2.24, 2.45) is 0 Å². The minimum Gasteiger partial charge on any atom is -0.487 e. The first-order valence-electron chi connectivity index (χ1n) is 17.8. The van der Waals surface area contributed by atoms with Gasteiger partial charge in [0, 0.05) is 0 Å². The minimum absolute atomic E-state index is 0.0377. The van der Waals surface area contributed by atoms with Crippen molar-refractivity contribution in [1.82, 2.24) is 0 Å². The van der Waals surface area contributed by atoms with Gasteiger partial charge in [-0.3, -0.25) is 4.18 Å². The molecule has 0 amide bonds. The van der Waals surface area contributed by atoms with Crippen molar-refractivity contribution in [3.8, 4) is 17.2 Å². The molecule has 0 bridgehead atoms. The lowest BCUT2D eigenvalue weighted by atomic mass is 9.99. The second kappa shape index (κ2) is 17.5. The van der Waals surface area contributed by atoms with Crippen LogP contribution in [-0.2, 0) is 38.3 Å². The first kappa shape index (κ1) is 39.5. The summed E-state index contributed by atoms with van der Waals surface area (Å²) in [6, 6.07) is 19.5. The molecule has 290 valence electrons. The molecule has 8 rings (SSSR count). The highest BCUT2D eigenvalue weighted by Gasteiger charge is 2.36. The lowest BCUT2D eigenvalue weighted by Gasteiger charge is -2.29. The molecule has 0 unspecified atom stereocenters. The number of halogens is 3. The summed E-state index contributed by atoms with van der Waals surface area (Å²) in [6.45, 7) is 1.94. The summed E-state index contributed by atoms with van der Waals surface area (Å²) in [7, 11) is -3.94. The molecule has 4 aliphatic rings. The standard InChI is InChI=1S/C18H19FO5S.C11H13FO3.C11H11FO2/c1-12-2-6-15(7-3-12)25(21,22)23-11-16(20)18-8-4-13-10-14(19)5-9-17(13)24-18;12-8-2-4-10-7(5-8)1-3-11(15-10)9(14)6-13;12-8-2-4-9-7(5-8)1-3-10(14-9)11-6-13-11/h2-3,5-7,9-10,16,18,20H,4,8,11H2,1H3;2,4-5,9,11,13-14H,1,3,6H2;2,4-5,10-11H,1,3,6H2/t16-,18-;9-,11-;10-,11-/m111/s1. The minimum atomic E-state index is -3.94. The average molecular weight is 773 g/mol. The van der Waals surface area contributed by atoms with E-state index in [1.807, 2.05) is 6.92 Å². The Morgan fingerprint density at radius 3 is 1.63 bits per heavy atom. The average Bonchev–Trinajstić information content (AvgIpc) is 4.03. The molecule has 6 atom stereocenters. The highest BCUT2D eigenvalue weighted by molar-refractivity contribution is 7.86. The maximum atomic E-state index is 13.2. The van der Waals surface area contributed by atoms with Crippen molar-refractivity contribution in [3.05, 3.63) is 119 Å². The molecule has 4 aromatic carbocycles. The van der Waals surface area contributed by atoms with Crippen LogP contribution < -0.4 is 14.2 Å². The SMILES string of the molecule is Cc1ccc(S(=O)(=O)OC[C@@H](O)[C@H]2CCc3cc(F)ccc3O2)cc1.Fc1ccc2c(c1)CC[C@H]([C@H]1CO1)O2.OC[C@@H](O)[C@H]1CCc2cc(F)ccc2O1. The third-order valence-corrected chi connectivity index (χ3v) is 10.8. The number of ether oxygens (including phenoxy) is 4. The first-order valence-corrected chi connectivity index (χ1v) is 19.2. The van der Waals surface area contributed by atoms with Gasteiger partial charge in [0.15, 0.2) is 0 Å². The predicted molar refractivity (Wildman–Crippen MR) is 191 cm³/mol. The van der Waals surface area contributed by atoms with Crippen LogP contribution in [0.2, 0.25) is 0 Å². The zero-order chi connectivity index (χ0) is 38.4. The van der Waals surface area contributed by atoms with Gasteiger partial charge in [-0.15, -0.1) is 0 Å². The highest BCUT2D eigenvalue weighted by Crippen LogP contribution is 2.33. The third-order valence-electron chi connectivity index (χ3n) is 9.52. The van der Waals surface area contributed by atoms with Gasteiger partial charge in [0.25, 0.3) is 10.1 Å². The maximum Gasteiger partial charge on any atom is 0.297 e. The molecule has 0 radical (unpaired) electrons. The van der Waals surface area contributed by atoms with Crippen LogP contribution in [-0.4, -0.2) is 80.2 Å². The van der Waals surface area contributed by atoms with E-state index in [2.05, 4.69) is 0 Å². The summed E-state index contributed by atoms with van der Waals surface area (Å²) in [5.74, 6) is 1.11. The monoisotopic (exact) mass is 772 g/mol. The summed E-state index contributed by atoms with van der Waals surface area (Å²) in [5, 5.41) is 28.4. The van der Waals surface area contributed by atoms with Crippen LogP contribution in [0.5, 0.6) is 17.2 Å². The molecule has 14 heteroatoms. The molecule has 4 aliphatic heterocycles. The van der Waals surface area contributed by atoms with E-state index < -0.39 is 41.1 Å². The van der Waals surface area contributed by atoms with Gasteiger partial charge in [-0.2, -0.15) is 8.42 Å². The summed E-state index contributed by atoms with van der Waals surface area (Å²) in [4.78, 5) is 0.0377. The van der Waals surface area contributed by atoms with Gasteiger partial charge >= 0.3 is 0 Å². The molecule has 54 heavy (non-hydrogen) atoms. The summed E-state index contributed by atoms with van der Waals surface area (Å²) < 4.78 is 90.2. The van der Waals surface area contributed by atoms with E-state index >= 15 is 0 Å². The fourth-order valence-corrected chi connectivity index (χ4v) is 7.29. The normalized spacial score (nSPS) is 22.1. The van der Waals surface area contributed by atoms with Crippen molar-refractivity contribution in [1.29, 1.82) is 0 Å². The molecular weight excluding hydrogens is 729 g/mol. The van der Waals surface area contributed by atoms with Crippen molar-refractivity contribution < 1.29 is 60.0 Å². The van der Waals surface area contributed by atoms with Gasteiger partial charge in [-0.25, -0.2) is 13.2 Å². The van der Waals surface area contributed by atoms with Crippen LogP contribution in [0.25, 0.3) is 0 Å². The second-order valence-electron chi connectivity index (χ2n) is 13.6.